The van der Waals surface area contributed by atoms with Gasteiger partial charge in [-0.25, -0.2) is 0 Å². The molecule has 0 aromatic heterocycles. The van der Waals surface area contributed by atoms with Crippen molar-refractivity contribution < 1.29 is 9.59 Å². The first-order valence-electron chi connectivity index (χ1n) is 6.27. The van der Waals surface area contributed by atoms with Crippen LogP contribution in [0.25, 0.3) is 0 Å². The first-order valence-corrected chi connectivity index (χ1v) is 7.03. The lowest BCUT2D eigenvalue weighted by atomic mass is 10.1. The third kappa shape index (κ3) is 3.07. The Balaban J connectivity index is 1.95. The molecule has 1 saturated carbocycles. The molecule has 0 bridgehead atoms. The van der Waals surface area contributed by atoms with E-state index >= 15 is 0 Å². The number of amides is 2. The van der Waals surface area contributed by atoms with Gasteiger partial charge in [0.15, 0.2) is 0 Å². The Kier molecular flexibility index (Phi) is 3.98. The van der Waals surface area contributed by atoms with Crippen molar-refractivity contribution in [3.05, 3.63) is 29.8 Å². The first kappa shape index (κ1) is 15.1. The zero-order valence-electron chi connectivity index (χ0n) is 11.3. The largest absolute Gasteiger partial charge is 0.351 e. The lowest BCUT2D eigenvalue weighted by molar-refractivity contribution is -0.126. The van der Waals surface area contributed by atoms with E-state index in [0.717, 1.165) is 5.56 Å². The van der Waals surface area contributed by atoms with Gasteiger partial charge < -0.3 is 10.6 Å². The second-order valence-corrected chi connectivity index (χ2v) is 6.76. The fraction of sp³-hybridized carbons (Fsp3) is 0.429. The van der Waals surface area contributed by atoms with Crippen LogP contribution in [-0.2, 0) is 16.1 Å². The summed E-state index contributed by atoms with van der Waals surface area (Å²) < 4.78 is -0.963. The summed E-state index contributed by atoms with van der Waals surface area (Å²) in [6.45, 7) is 3.56. The zero-order chi connectivity index (χ0) is 15.0. The Morgan fingerprint density at radius 3 is 2.55 bits per heavy atom. The maximum atomic E-state index is 12.0. The first-order chi connectivity index (χ1) is 9.24. The topological polar surface area (TPSA) is 58.2 Å². The van der Waals surface area contributed by atoms with E-state index in [1.807, 2.05) is 18.2 Å². The Morgan fingerprint density at radius 2 is 2.00 bits per heavy atom. The molecule has 6 heteroatoms. The molecule has 1 aromatic carbocycles. The van der Waals surface area contributed by atoms with Crippen molar-refractivity contribution in [2.24, 2.45) is 5.41 Å². The maximum absolute atomic E-state index is 12.0. The predicted molar refractivity (Wildman–Crippen MR) is 79.8 cm³/mol. The summed E-state index contributed by atoms with van der Waals surface area (Å²) >= 11 is 11.9. The molecule has 1 fully saturated rings. The number of anilines is 1. The number of carbonyl (C=O) groups is 2. The van der Waals surface area contributed by atoms with Gasteiger partial charge >= 0.3 is 0 Å². The number of nitrogens with one attached hydrogen (secondary N) is 2. The number of rotatable bonds is 4. The van der Waals surface area contributed by atoms with Crippen LogP contribution < -0.4 is 10.6 Å². The molecular weight excluding hydrogens is 299 g/mol. The van der Waals surface area contributed by atoms with Gasteiger partial charge in [-0.15, -0.1) is 23.2 Å². The molecule has 1 atom stereocenters. The fourth-order valence-electron chi connectivity index (χ4n) is 1.99. The molecule has 1 aromatic rings. The van der Waals surface area contributed by atoms with Gasteiger partial charge in [-0.05, 0) is 31.0 Å². The third-order valence-electron chi connectivity index (χ3n) is 3.46. The molecule has 2 rings (SSSR count). The highest BCUT2D eigenvalue weighted by Crippen LogP contribution is 2.63. The van der Waals surface area contributed by atoms with E-state index in [2.05, 4.69) is 10.6 Å². The van der Waals surface area contributed by atoms with Crippen LogP contribution >= 0.6 is 23.2 Å². The molecule has 0 heterocycles. The van der Waals surface area contributed by atoms with Crippen LogP contribution in [0.2, 0.25) is 0 Å². The Labute approximate surface area is 127 Å². The molecule has 0 aliphatic heterocycles. The minimum atomic E-state index is -0.963. The molecule has 108 valence electrons. The molecule has 1 aliphatic carbocycles. The maximum Gasteiger partial charge on any atom is 0.229 e. The van der Waals surface area contributed by atoms with Crippen molar-refractivity contribution >= 4 is 40.7 Å². The molecular formula is C14H16Cl2N2O2. The highest BCUT2D eigenvalue weighted by atomic mass is 35.5. The van der Waals surface area contributed by atoms with Crippen LogP contribution in [0.5, 0.6) is 0 Å². The lowest BCUT2D eigenvalue weighted by Crippen LogP contribution is -2.32. The van der Waals surface area contributed by atoms with Crippen molar-refractivity contribution in [3.8, 4) is 0 Å². The minimum absolute atomic E-state index is 0.134. The Hall–Kier alpha value is -1.26. The summed E-state index contributed by atoms with van der Waals surface area (Å²) in [5.74, 6) is -0.293. The number of hydrogen-bond acceptors (Lipinski definition) is 2. The van der Waals surface area contributed by atoms with E-state index in [4.69, 9.17) is 23.2 Å². The molecule has 0 radical (unpaired) electrons. The monoisotopic (exact) mass is 314 g/mol. The SMILES string of the molecule is CC(=O)Nc1cccc(CNC(=O)[C@]2(C)CC2(Cl)Cl)c1. The lowest BCUT2D eigenvalue weighted by Gasteiger charge is -2.13. The van der Waals surface area contributed by atoms with Gasteiger partial charge in [0, 0.05) is 19.2 Å². The number of benzene rings is 1. The summed E-state index contributed by atoms with van der Waals surface area (Å²) in [5, 5.41) is 5.51. The molecule has 2 amide bonds. The summed E-state index contributed by atoms with van der Waals surface area (Å²) in [6, 6.07) is 7.29. The zero-order valence-corrected chi connectivity index (χ0v) is 12.8. The van der Waals surface area contributed by atoms with Gasteiger partial charge in [0.25, 0.3) is 0 Å². The molecule has 2 N–H and O–H groups in total. The molecule has 0 spiro atoms. The quantitative estimate of drug-likeness (QED) is 0.840. The van der Waals surface area contributed by atoms with Gasteiger partial charge in [0.05, 0.1) is 5.41 Å². The van der Waals surface area contributed by atoms with Crippen LogP contribution in [0.4, 0.5) is 5.69 Å². The van der Waals surface area contributed by atoms with E-state index in [0.29, 0.717) is 18.7 Å². The molecule has 0 saturated heterocycles. The van der Waals surface area contributed by atoms with E-state index in [1.165, 1.54) is 6.92 Å². The highest BCUT2D eigenvalue weighted by Gasteiger charge is 2.67. The van der Waals surface area contributed by atoms with E-state index in [9.17, 15) is 9.59 Å². The summed E-state index contributed by atoms with van der Waals surface area (Å²) in [6.07, 6.45) is 0.459. The average Bonchev–Trinajstić information content (AvgIpc) is 2.86. The normalized spacial score (nSPS) is 23.0. The summed E-state index contributed by atoms with van der Waals surface area (Å²) in [4.78, 5) is 23.0. The van der Waals surface area contributed by atoms with E-state index < -0.39 is 9.75 Å². The van der Waals surface area contributed by atoms with Crippen LogP contribution in [0.15, 0.2) is 24.3 Å². The smallest absolute Gasteiger partial charge is 0.229 e. The van der Waals surface area contributed by atoms with E-state index in [1.54, 1.807) is 13.0 Å². The van der Waals surface area contributed by atoms with Crippen molar-refractivity contribution in [2.45, 2.75) is 31.1 Å². The fourth-order valence-corrected chi connectivity index (χ4v) is 2.69. The summed E-state index contributed by atoms with van der Waals surface area (Å²) in [5.41, 5.74) is 0.875. The van der Waals surface area contributed by atoms with Crippen LogP contribution in [-0.4, -0.2) is 16.1 Å². The van der Waals surface area contributed by atoms with Crippen LogP contribution in [0.1, 0.15) is 25.8 Å². The highest BCUT2D eigenvalue weighted by molar-refractivity contribution is 6.53. The van der Waals surface area contributed by atoms with Gasteiger partial charge in [-0.2, -0.15) is 0 Å². The van der Waals surface area contributed by atoms with Crippen molar-refractivity contribution in [3.63, 3.8) is 0 Å². The number of alkyl halides is 2. The number of hydrogen-bond donors (Lipinski definition) is 2. The second-order valence-electron chi connectivity index (χ2n) is 5.28. The molecule has 4 nitrogen and oxygen atoms in total. The van der Waals surface area contributed by atoms with Crippen LogP contribution in [0, 0.1) is 5.41 Å². The standard InChI is InChI=1S/C14H16Cl2N2O2/c1-9(19)18-11-5-3-4-10(6-11)7-17-12(20)13(2)8-14(13,15)16/h3-6H,7-8H2,1-2H3,(H,17,20)(H,18,19)/t13-/m0/s1. The Bertz CT molecular complexity index is 560. The van der Waals surface area contributed by atoms with Crippen molar-refractivity contribution in [1.82, 2.24) is 5.32 Å². The minimum Gasteiger partial charge on any atom is -0.351 e. The van der Waals surface area contributed by atoms with E-state index in [-0.39, 0.29) is 11.8 Å². The van der Waals surface area contributed by atoms with Gasteiger partial charge in [-0.3, -0.25) is 9.59 Å². The number of carbonyl (C=O) groups excluding carboxylic acids is 2. The predicted octanol–water partition coefficient (Wildman–Crippen LogP) is 2.85. The number of halogens is 2. The molecule has 1 aliphatic rings. The van der Waals surface area contributed by atoms with Gasteiger partial charge in [0.1, 0.15) is 4.33 Å². The molecule has 20 heavy (non-hydrogen) atoms. The second kappa shape index (κ2) is 5.26. The Morgan fingerprint density at radius 1 is 1.35 bits per heavy atom. The van der Waals surface area contributed by atoms with Crippen molar-refractivity contribution in [1.29, 1.82) is 0 Å². The van der Waals surface area contributed by atoms with Gasteiger partial charge in [-0.1, -0.05) is 12.1 Å². The third-order valence-corrected chi connectivity index (χ3v) is 4.56. The average molecular weight is 315 g/mol. The summed E-state index contributed by atoms with van der Waals surface area (Å²) in [7, 11) is 0. The molecule has 0 unspecified atom stereocenters. The van der Waals surface area contributed by atoms with Crippen molar-refractivity contribution in [2.75, 3.05) is 5.32 Å². The van der Waals surface area contributed by atoms with Gasteiger partial charge in [0.2, 0.25) is 11.8 Å². The van der Waals surface area contributed by atoms with Crippen LogP contribution in [0.3, 0.4) is 0 Å².